The number of carbonyl (C=O) groups is 1. The highest BCUT2D eigenvalue weighted by Crippen LogP contribution is 2.38. The van der Waals surface area contributed by atoms with Gasteiger partial charge in [0.2, 0.25) is 0 Å². The Morgan fingerprint density at radius 3 is 2.36 bits per heavy atom. The average Bonchev–Trinajstić information content (AvgIpc) is 2.42. The largest absolute Gasteiger partial charge is 0.393 e. The van der Waals surface area contributed by atoms with Crippen LogP contribution in [0.15, 0.2) is 12.1 Å². The molecule has 2 unspecified atom stereocenters. The fourth-order valence-electron chi connectivity index (χ4n) is 2.64. The zero-order valence-corrected chi connectivity index (χ0v) is 12.1. The topological polar surface area (TPSA) is 29.1 Å². The van der Waals surface area contributed by atoms with Gasteiger partial charge in [-0.05, 0) is 25.0 Å². The number of hydrogen-bond acceptors (Lipinski definition) is 1. The van der Waals surface area contributed by atoms with Crippen LogP contribution in [0.2, 0.25) is 5.02 Å². The predicted octanol–water partition coefficient (Wildman–Crippen LogP) is 4.47. The van der Waals surface area contributed by atoms with E-state index < -0.39 is 35.7 Å². The molecule has 0 aliphatic heterocycles. The molecule has 0 spiro atoms. The number of alkyl halides is 3. The van der Waals surface area contributed by atoms with E-state index in [0.717, 1.165) is 0 Å². The van der Waals surface area contributed by atoms with Gasteiger partial charge in [0.1, 0.15) is 0 Å². The van der Waals surface area contributed by atoms with Crippen molar-refractivity contribution in [3.63, 3.8) is 0 Å². The molecule has 0 bridgehead atoms. The van der Waals surface area contributed by atoms with Gasteiger partial charge in [-0.1, -0.05) is 24.4 Å². The normalized spacial score (nSPS) is 22.5. The quantitative estimate of drug-likeness (QED) is 0.624. The van der Waals surface area contributed by atoms with Crippen molar-refractivity contribution in [2.75, 3.05) is 0 Å². The summed E-state index contributed by atoms with van der Waals surface area (Å²) in [5.41, 5.74) is -0.382. The first-order valence-electron chi connectivity index (χ1n) is 6.72. The molecule has 0 heterocycles. The number of hydrogen-bond donors (Lipinski definition) is 1. The summed E-state index contributed by atoms with van der Waals surface area (Å²) >= 11 is 5.65. The molecule has 2 rings (SSSR count). The van der Waals surface area contributed by atoms with Crippen LogP contribution in [0.25, 0.3) is 0 Å². The lowest BCUT2D eigenvalue weighted by atomic mass is 9.84. The van der Waals surface area contributed by atoms with Gasteiger partial charge in [-0.15, -0.1) is 0 Å². The van der Waals surface area contributed by atoms with E-state index in [0.29, 0.717) is 25.0 Å². The van der Waals surface area contributed by atoms with E-state index in [1.54, 1.807) is 0 Å². The second-order valence-corrected chi connectivity index (χ2v) is 5.67. The maximum atomic E-state index is 13.2. The summed E-state index contributed by atoms with van der Waals surface area (Å²) in [5.74, 6) is -5.10. The number of rotatable bonds is 2. The zero-order chi connectivity index (χ0) is 16.5. The molecule has 1 N–H and O–H groups in total. The fraction of sp³-hybridized carbons (Fsp3) is 0.500. The molecule has 1 aliphatic rings. The van der Waals surface area contributed by atoms with E-state index in [-0.39, 0.29) is 23.4 Å². The third-order valence-electron chi connectivity index (χ3n) is 3.76. The Morgan fingerprint density at radius 1 is 1.14 bits per heavy atom. The van der Waals surface area contributed by atoms with Gasteiger partial charge >= 0.3 is 6.18 Å². The minimum absolute atomic E-state index is 0.0695. The molecule has 2 atom stereocenters. The average molecular weight is 342 g/mol. The Labute approximate surface area is 128 Å². The lowest BCUT2D eigenvalue weighted by molar-refractivity contribution is -0.187. The van der Waals surface area contributed by atoms with Crippen LogP contribution in [-0.2, 0) is 0 Å². The SMILES string of the molecule is O=C(NC1CCCCC1C(F)(F)F)c1cc(F)c(F)cc1Cl. The third kappa shape index (κ3) is 3.69. The maximum absolute atomic E-state index is 13.2. The molecular formula is C14H13ClF5NO. The second kappa shape index (κ2) is 6.40. The predicted molar refractivity (Wildman–Crippen MR) is 70.6 cm³/mol. The van der Waals surface area contributed by atoms with Crippen LogP contribution in [0.3, 0.4) is 0 Å². The number of halogens is 6. The van der Waals surface area contributed by atoms with E-state index in [4.69, 9.17) is 11.6 Å². The fourth-order valence-corrected chi connectivity index (χ4v) is 2.87. The van der Waals surface area contributed by atoms with Crippen LogP contribution in [-0.4, -0.2) is 18.1 Å². The standard InChI is InChI=1S/C14H13ClF5NO/c15-9-6-11(17)10(16)5-7(9)13(22)21-12-4-2-1-3-8(12)14(18,19)20/h5-6,8,12H,1-4H2,(H,21,22). The van der Waals surface area contributed by atoms with E-state index in [9.17, 15) is 26.7 Å². The Balaban J connectivity index is 2.18. The van der Waals surface area contributed by atoms with Gasteiger partial charge in [0.25, 0.3) is 5.91 Å². The summed E-state index contributed by atoms with van der Waals surface area (Å²) in [6.45, 7) is 0. The second-order valence-electron chi connectivity index (χ2n) is 5.26. The number of carbonyl (C=O) groups excluding carboxylic acids is 1. The van der Waals surface area contributed by atoms with Crippen molar-refractivity contribution >= 4 is 17.5 Å². The molecule has 2 nitrogen and oxygen atoms in total. The molecule has 0 aromatic heterocycles. The van der Waals surface area contributed by atoms with Crippen molar-refractivity contribution in [2.24, 2.45) is 5.92 Å². The van der Waals surface area contributed by atoms with Gasteiger partial charge < -0.3 is 5.32 Å². The van der Waals surface area contributed by atoms with Gasteiger partial charge in [0.05, 0.1) is 16.5 Å². The van der Waals surface area contributed by atoms with Crippen LogP contribution in [0.4, 0.5) is 22.0 Å². The van der Waals surface area contributed by atoms with Crippen LogP contribution in [0.1, 0.15) is 36.0 Å². The van der Waals surface area contributed by atoms with Crippen molar-refractivity contribution in [3.8, 4) is 0 Å². The van der Waals surface area contributed by atoms with Crippen LogP contribution in [0, 0.1) is 17.6 Å². The summed E-state index contributed by atoms with van der Waals surface area (Å²) in [6.07, 6.45) is -3.32. The van der Waals surface area contributed by atoms with E-state index in [1.165, 1.54) is 0 Å². The maximum Gasteiger partial charge on any atom is 0.393 e. The van der Waals surface area contributed by atoms with E-state index >= 15 is 0 Å². The van der Waals surface area contributed by atoms with Crippen molar-refractivity contribution in [2.45, 2.75) is 37.9 Å². The lowest BCUT2D eigenvalue weighted by Crippen LogP contribution is -2.47. The van der Waals surface area contributed by atoms with Gasteiger partial charge in [0, 0.05) is 6.04 Å². The Kier molecular flexibility index (Phi) is 4.94. The van der Waals surface area contributed by atoms with E-state index in [1.807, 2.05) is 0 Å². The number of amides is 1. The minimum Gasteiger partial charge on any atom is -0.349 e. The third-order valence-corrected chi connectivity index (χ3v) is 4.07. The summed E-state index contributed by atoms with van der Waals surface area (Å²) < 4.78 is 65.0. The first kappa shape index (κ1) is 17.0. The molecule has 0 saturated heterocycles. The van der Waals surface area contributed by atoms with Gasteiger partial charge in [-0.25, -0.2) is 8.78 Å². The molecule has 1 fully saturated rings. The molecule has 1 saturated carbocycles. The molecule has 22 heavy (non-hydrogen) atoms. The molecular weight excluding hydrogens is 329 g/mol. The number of nitrogens with one attached hydrogen (secondary N) is 1. The minimum atomic E-state index is -4.42. The van der Waals surface area contributed by atoms with Crippen molar-refractivity contribution < 1.29 is 26.7 Å². The summed E-state index contributed by atoms with van der Waals surface area (Å²) in [4.78, 5) is 12.0. The summed E-state index contributed by atoms with van der Waals surface area (Å²) in [5, 5.41) is 1.90. The van der Waals surface area contributed by atoms with Crippen molar-refractivity contribution in [1.82, 2.24) is 5.32 Å². The zero-order valence-electron chi connectivity index (χ0n) is 11.3. The van der Waals surface area contributed by atoms with Crippen molar-refractivity contribution in [3.05, 3.63) is 34.4 Å². The summed E-state index contributed by atoms with van der Waals surface area (Å²) in [7, 11) is 0. The molecule has 122 valence electrons. The Morgan fingerprint density at radius 2 is 1.73 bits per heavy atom. The van der Waals surface area contributed by atoms with Crippen molar-refractivity contribution in [1.29, 1.82) is 0 Å². The molecule has 0 radical (unpaired) electrons. The Hall–Kier alpha value is -1.37. The van der Waals surface area contributed by atoms with Crippen LogP contribution in [0.5, 0.6) is 0 Å². The van der Waals surface area contributed by atoms with Gasteiger partial charge in [0.15, 0.2) is 11.6 Å². The first-order valence-corrected chi connectivity index (χ1v) is 7.10. The molecule has 1 amide bonds. The van der Waals surface area contributed by atoms with Gasteiger partial charge in [-0.3, -0.25) is 4.79 Å². The first-order chi connectivity index (χ1) is 10.2. The molecule has 1 aromatic carbocycles. The Bertz CT molecular complexity index is 575. The van der Waals surface area contributed by atoms with Crippen LogP contribution < -0.4 is 5.32 Å². The highest BCUT2D eigenvalue weighted by Gasteiger charge is 2.46. The number of benzene rings is 1. The molecule has 1 aromatic rings. The monoisotopic (exact) mass is 341 g/mol. The lowest BCUT2D eigenvalue weighted by Gasteiger charge is -2.33. The van der Waals surface area contributed by atoms with Gasteiger partial charge in [-0.2, -0.15) is 13.2 Å². The smallest absolute Gasteiger partial charge is 0.349 e. The molecule has 1 aliphatic carbocycles. The summed E-state index contributed by atoms with van der Waals surface area (Å²) in [6, 6.07) is 0.109. The highest BCUT2D eigenvalue weighted by atomic mass is 35.5. The molecule has 8 heteroatoms. The van der Waals surface area contributed by atoms with Crippen LogP contribution >= 0.6 is 11.6 Å². The van der Waals surface area contributed by atoms with E-state index in [2.05, 4.69) is 5.32 Å². The highest BCUT2D eigenvalue weighted by molar-refractivity contribution is 6.33.